The fourth-order valence-electron chi connectivity index (χ4n) is 2.80. The van der Waals surface area contributed by atoms with Crippen molar-refractivity contribution in [1.29, 1.82) is 0 Å². The molecule has 0 aromatic heterocycles. The largest absolute Gasteiger partial charge is 0.314 e. The number of hydrogen-bond donors (Lipinski definition) is 2. The van der Waals surface area contributed by atoms with E-state index in [2.05, 4.69) is 24.9 Å². The summed E-state index contributed by atoms with van der Waals surface area (Å²) in [6.07, 6.45) is 8.96. The van der Waals surface area contributed by atoms with Gasteiger partial charge in [0.15, 0.2) is 0 Å². The first-order chi connectivity index (χ1) is 7.38. The topological polar surface area (TPSA) is 12.0 Å². The van der Waals surface area contributed by atoms with Crippen molar-refractivity contribution in [3.05, 3.63) is 0 Å². The Labute approximate surface area is 102 Å². The van der Waals surface area contributed by atoms with Crippen molar-refractivity contribution in [3.63, 3.8) is 0 Å². The van der Waals surface area contributed by atoms with Gasteiger partial charge in [-0.05, 0) is 43.9 Å². The molecule has 0 spiro atoms. The Kier molecular flexibility index (Phi) is 9.73. The van der Waals surface area contributed by atoms with E-state index in [1.165, 1.54) is 38.6 Å². The monoisotopic (exact) mass is 231 g/mol. The zero-order chi connectivity index (χ0) is 11.7. The molecule has 0 aromatic rings. The van der Waals surface area contributed by atoms with Crippen molar-refractivity contribution < 1.29 is 0 Å². The van der Waals surface area contributed by atoms with Crippen molar-refractivity contribution >= 4 is 12.6 Å². The first kappa shape index (κ1) is 15.3. The Bertz CT molecular complexity index is 136. The summed E-state index contributed by atoms with van der Waals surface area (Å²) in [5.41, 5.74) is 0. The minimum absolute atomic E-state index is 0.882. The summed E-state index contributed by atoms with van der Waals surface area (Å²) in [7, 11) is 0. The predicted octanol–water partition coefficient (Wildman–Crippen LogP) is 3.75. The van der Waals surface area contributed by atoms with Crippen LogP contribution in [0.25, 0.3) is 0 Å². The van der Waals surface area contributed by atoms with E-state index in [4.69, 9.17) is 0 Å². The zero-order valence-electron chi connectivity index (χ0n) is 10.9. The maximum atomic E-state index is 3.65. The van der Waals surface area contributed by atoms with Crippen LogP contribution in [0.5, 0.6) is 0 Å². The molecule has 1 N–H and O–H groups in total. The van der Waals surface area contributed by atoms with E-state index in [1.54, 1.807) is 6.26 Å². The maximum Gasteiger partial charge on any atom is 0.00978 e. The molecular formula is C13H29NS. The van der Waals surface area contributed by atoms with Gasteiger partial charge in [-0.2, -0.15) is 12.6 Å². The molecule has 92 valence electrons. The molecule has 0 amide bonds. The van der Waals surface area contributed by atoms with Crippen molar-refractivity contribution in [2.24, 2.45) is 11.8 Å². The van der Waals surface area contributed by atoms with E-state index in [0.717, 1.165) is 17.9 Å². The van der Waals surface area contributed by atoms with Crippen LogP contribution in [-0.4, -0.2) is 18.8 Å². The summed E-state index contributed by atoms with van der Waals surface area (Å²) >= 11 is 3.53. The van der Waals surface area contributed by atoms with Crippen LogP contribution >= 0.6 is 12.6 Å². The van der Waals surface area contributed by atoms with Crippen LogP contribution in [0, 0.1) is 11.8 Å². The number of nitrogens with one attached hydrogen (secondary N) is 1. The van der Waals surface area contributed by atoms with Crippen molar-refractivity contribution in [2.45, 2.75) is 58.9 Å². The summed E-state index contributed by atoms with van der Waals surface area (Å²) in [5.74, 6) is 2.00. The SMILES string of the molecule is CC.CC1CCNC2CCCCC12.CS. The highest BCUT2D eigenvalue weighted by Gasteiger charge is 2.31. The van der Waals surface area contributed by atoms with Crippen LogP contribution in [0.4, 0.5) is 0 Å². The minimum Gasteiger partial charge on any atom is -0.314 e. The Morgan fingerprint density at radius 1 is 1.00 bits per heavy atom. The van der Waals surface area contributed by atoms with Crippen LogP contribution in [0.1, 0.15) is 52.9 Å². The second-order valence-corrected chi connectivity index (χ2v) is 4.27. The van der Waals surface area contributed by atoms with Gasteiger partial charge in [-0.3, -0.25) is 0 Å². The van der Waals surface area contributed by atoms with Crippen LogP contribution in [0.15, 0.2) is 0 Å². The highest BCUT2D eigenvalue weighted by atomic mass is 32.1. The number of piperidine rings is 1. The number of fused-ring (bicyclic) bond motifs is 1. The lowest BCUT2D eigenvalue weighted by molar-refractivity contribution is 0.151. The quantitative estimate of drug-likeness (QED) is 0.605. The summed E-state index contributed by atoms with van der Waals surface area (Å²) in [6, 6.07) is 0.882. The number of hydrogen-bond acceptors (Lipinski definition) is 2. The fourth-order valence-corrected chi connectivity index (χ4v) is 2.80. The molecular weight excluding hydrogens is 202 g/mol. The van der Waals surface area contributed by atoms with Crippen molar-refractivity contribution in [1.82, 2.24) is 5.32 Å². The summed E-state index contributed by atoms with van der Waals surface area (Å²) in [6.45, 7) is 7.70. The van der Waals surface area contributed by atoms with Gasteiger partial charge in [0.2, 0.25) is 0 Å². The second kappa shape index (κ2) is 9.53. The Balaban J connectivity index is 0.000000442. The normalized spacial score (nSPS) is 33.8. The Morgan fingerprint density at radius 2 is 1.60 bits per heavy atom. The lowest BCUT2D eigenvalue weighted by Crippen LogP contribution is -2.46. The fraction of sp³-hybridized carbons (Fsp3) is 1.00. The van der Waals surface area contributed by atoms with Crippen molar-refractivity contribution in [2.75, 3.05) is 12.8 Å². The second-order valence-electron chi connectivity index (χ2n) is 4.27. The van der Waals surface area contributed by atoms with E-state index in [-0.39, 0.29) is 0 Å². The van der Waals surface area contributed by atoms with Gasteiger partial charge in [0.1, 0.15) is 0 Å². The molecule has 2 rings (SSSR count). The van der Waals surface area contributed by atoms with E-state index >= 15 is 0 Å². The smallest absolute Gasteiger partial charge is 0.00978 e. The van der Waals surface area contributed by atoms with E-state index < -0.39 is 0 Å². The van der Waals surface area contributed by atoms with Crippen molar-refractivity contribution in [3.8, 4) is 0 Å². The van der Waals surface area contributed by atoms with Gasteiger partial charge < -0.3 is 5.32 Å². The van der Waals surface area contributed by atoms with Crippen LogP contribution < -0.4 is 5.32 Å². The van der Waals surface area contributed by atoms with E-state index in [0.29, 0.717) is 0 Å². The molecule has 2 fully saturated rings. The highest BCUT2D eigenvalue weighted by molar-refractivity contribution is 7.79. The van der Waals surface area contributed by atoms with Gasteiger partial charge in [-0.1, -0.05) is 33.6 Å². The molecule has 0 radical (unpaired) electrons. The standard InChI is InChI=1S/C10H19N.C2H6.CH4S/c1-8-6-7-11-10-5-3-2-4-9(8)10;2*1-2/h8-11H,2-7H2,1H3;1-2H3;2H,1H3. The van der Waals surface area contributed by atoms with Crippen LogP contribution in [-0.2, 0) is 0 Å². The molecule has 3 atom stereocenters. The minimum atomic E-state index is 0.882. The molecule has 2 heteroatoms. The molecule has 1 saturated heterocycles. The third-order valence-electron chi connectivity index (χ3n) is 3.56. The molecule has 0 aromatic carbocycles. The first-order valence-corrected chi connectivity index (χ1v) is 7.45. The average Bonchev–Trinajstić information content (AvgIpc) is 2.35. The van der Waals surface area contributed by atoms with Gasteiger partial charge in [0, 0.05) is 6.04 Å². The van der Waals surface area contributed by atoms with Crippen LogP contribution in [0.2, 0.25) is 0 Å². The molecule has 1 saturated carbocycles. The first-order valence-electron chi connectivity index (χ1n) is 6.56. The molecule has 3 unspecified atom stereocenters. The molecule has 1 heterocycles. The Morgan fingerprint density at radius 3 is 2.20 bits per heavy atom. The highest BCUT2D eigenvalue weighted by Crippen LogP contribution is 2.34. The van der Waals surface area contributed by atoms with Gasteiger partial charge in [-0.25, -0.2) is 0 Å². The number of rotatable bonds is 0. The molecule has 1 nitrogen and oxygen atoms in total. The number of thiol groups is 1. The van der Waals surface area contributed by atoms with Gasteiger partial charge in [0.05, 0.1) is 0 Å². The molecule has 0 bridgehead atoms. The van der Waals surface area contributed by atoms with Crippen LogP contribution in [0.3, 0.4) is 0 Å². The molecule has 1 aliphatic heterocycles. The summed E-state index contributed by atoms with van der Waals surface area (Å²) < 4.78 is 0. The predicted molar refractivity (Wildman–Crippen MR) is 73.8 cm³/mol. The van der Waals surface area contributed by atoms with E-state index in [9.17, 15) is 0 Å². The lowest BCUT2D eigenvalue weighted by atomic mass is 9.74. The average molecular weight is 231 g/mol. The lowest BCUT2D eigenvalue weighted by Gasteiger charge is -2.40. The van der Waals surface area contributed by atoms with Gasteiger partial charge >= 0.3 is 0 Å². The molecule has 2 aliphatic rings. The zero-order valence-corrected chi connectivity index (χ0v) is 11.8. The maximum absolute atomic E-state index is 3.65. The Hall–Kier alpha value is 0.310. The van der Waals surface area contributed by atoms with Gasteiger partial charge in [-0.15, -0.1) is 0 Å². The molecule has 15 heavy (non-hydrogen) atoms. The van der Waals surface area contributed by atoms with Gasteiger partial charge in [0.25, 0.3) is 0 Å². The molecule has 1 aliphatic carbocycles. The van der Waals surface area contributed by atoms with E-state index in [1.807, 2.05) is 13.8 Å². The third-order valence-corrected chi connectivity index (χ3v) is 3.56. The third kappa shape index (κ3) is 4.78. The summed E-state index contributed by atoms with van der Waals surface area (Å²) in [4.78, 5) is 0. The summed E-state index contributed by atoms with van der Waals surface area (Å²) in [5, 5.41) is 3.65.